The van der Waals surface area contributed by atoms with Crippen molar-refractivity contribution < 1.29 is 20.9 Å². The third-order valence-electron chi connectivity index (χ3n) is 8.04. The lowest BCUT2D eigenvalue weighted by Crippen LogP contribution is -2.55. The van der Waals surface area contributed by atoms with Crippen molar-refractivity contribution in [2.45, 2.75) is 113 Å². The zero-order valence-electron chi connectivity index (χ0n) is 28.4. The predicted octanol–water partition coefficient (Wildman–Crippen LogP) is 8.54. The van der Waals surface area contributed by atoms with Gasteiger partial charge in [-0.1, -0.05) is 57.0 Å². The number of hydrogen-bond acceptors (Lipinski definition) is 4. The molecular formula is C36H58N2O4. The quantitative estimate of drug-likeness (QED) is 0.253. The number of hydrogen-bond donors (Lipinski definition) is 2. The highest BCUT2D eigenvalue weighted by Crippen LogP contribution is 2.50. The van der Waals surface area contributed by atoms with Crippen molar-refractivity contribution in [2.24, 2.45) is 11.3 Å². The minimum Gasteiger partial charge on any atom is -0.390 e. The van der Waals surface area contributed by atoms with Gasteiger partial charge in [-0.15, -0.1) is 6.58 Å². The molecule has 0 aliphatic heterocycles. The molecule has 1 aliphatic carbocycles. The molecule has 0 heterocycles. The van der Waals surface area contributed by atoms with Gasteiger partial charge in [0.1, 0.15) is 6.10 Å². The molecule has 3 rings (SSSR count). The van der Waals surface area contributed by atoms with E-state index in [1.807, 2.05) is 93.5 Å². The maximum absolute atomic E-state index is 13.2. The third-order valence-corrected chi connectivity index (χ3v) is 8.04. The number of nitrogens with one attached hydrogen (secondary N) is 1. The summed E-state index contributed by atoms with van der Waals surface area (Å²) in [6.45, 7) is 27.4. The molecule has 1 atom stereocenters. The highest BCUT2D eigenvalue weighted by molar-refractivity contribution is 5.99. The van der Waals surface area contributed by atoms with Crippen LogP contribution < -0.4 is 5.43 Å². The average molecular weight is 583 g/mol. The number of carbonyl (C=O) groups excluding carboxylic acids is 2. The number of aliphatic hydroxyl groups is 1. The summed E-state index contributed by atoms with van der Waals surface area (Å²) < 4.78 is 5.40. The zero-order chi connectivity index (χ0) is 32.6. The van der Waals surface area contributed by atoms with Crippen molar-refractivity contribution in [3.63, 3.8) is 0 Å². The average Bonchev–Trinajstić information content (AvgIpc) is 3.74. The maximum atomic E-state index is 13.2. The van der Waals surface area contributed by atoms with Crippen molar-refractivity contribution in [3.8, 4) is 0 Å². The van der Waals surface area contributed by atoms with E-state index in [-0.39, 0.29) is 24.8 Å². The highest BCUT2D eigenvalue weighted by Gasteiger charge is 2.46. The molecule has 0 radical (unpaired) electrons. The molecule has 0 bridgehead atoms. The number of carbonyl (C=O) groups is 2. The summed E-state index contributed by atoms with van der Waals surface area (Å²) in [7, 11) is 1.62. The molecule has 42 heavy (non-hydrogen) atoms. The topological polar surface area (TPSA) is 78.9 Å². The SMILES string of the molecule is C=CC(OC)c1ccc(C(=O)NN(C(=O)c2cc(C)cc(C)c2)C(C)(C)C)cc1C.CC.CC(C)(O)C(C)(C)C1CC1.[HH]. The lowest BCUT2D eigenvalue weighted by atomic mass is 9.73. The first-order valence-corrected chi connectivity index (χ1v) is 15.1. The number of methoxy groups -OCH3 is 1. The largest absolute Gasteiger partial charge is 0.390 e. The molecule has 1 unspecified atom stereocenters. The van der Waals surface area contributed by atoms with Gasteiger partial charge in [-0.2, -0.15) is 0 Å². The highest BCUT2D eigenvalue weighted by atomic mass is 16.5. The maximum Gasteiger partial charge on any atom is 0.272 e. The van der Waals surface area contributed by atoms with E-state index in [1.54, 1.807) is 25.3 Å². The summed E-state index contributed by atoms with van der Waals surface area (Å²) in [4.78, 5) is 26.2. The molecule has 6 nitrogen and oxygen atoms in total. The van der Waals surface area contributed by atoms with Gasteiger partial charge in [0.2, 0.25) is 0 Å². The number of ether oxygens (including phenoxy) is 1. The summed E-state index contributed by atoms with van der Waals surface area (Å²) in [5.74, 6) is 0.166. The second-order valence-electron chi connectivity index (χ2n) is 13.1. The van der Waals surface area contributed by atoms with Crippen LogP contribution in [0.5, 0.6) is 0 Å². The van der Waals surface area contributed by atoms with Crippen LogP contribution >= 0.6 is 0 Å². The lowest BCUT2D eigenvalue weighted by Gasteiger charge is -2.37. The second-order valence-corrected chi connectivity index (χ2v) is 13.1. The molecule has 236 valence electrons. The van der Waals surface area contributed by atoms with E-state index in [2.05, 4.69) is 25.9 Å². The Morgan fingerprint density at radius 1 is 0.976 bits per heavy atom. The minimum absolute atomic E-state index is 0. The summed E-state index contributed by atoms with van der Waals surface area (Å²) in [5, 5.41) is 11.2. The summed E-state index contributed by atoms with van der Waals surface area (Å²) in [6.07, 6.45) is 4.08. The summed E-state index contributed by atoms with van der Waals surface area (Å²) in [6, 6.07) is 11.1. The van der Waals surface area contributed by atoms with Gasteiger partial charge in [0.25, 0.3) is 11.8 Å². The Morgan fingerprint density at radius 2 is 1.50 bits per heavy atom. The van der Waals surface area contributed by atoms with Gasteiger partial charge in [-0.05, 0) is 115 Å². The van der Waals surface area contributed by atoms with E-state index in [9.17, 15) is 14.7 Å². The first-order chi connectivity index (χ1) is 19.3. The lowest BCUT2D eigenvalue weighted by molar-refractivity contribution is -0.0475. The van der Waals surface area contributed by atoms with Gasteiger partial charge in [-0.25, -0.2) is 5.01 Å². The van der Waals surface area contributed by atoms with Crippen LogP contribution in [0.4, 0.5) is 0 Å². The molecule has 1 aliphatic rings. The van der Waals surface area contributed by atoms with Crippen LogP contribution in [-0.2, 0) is 4.74 Å². The molecule has 2 amide bonds. The molecule has 1 fully saturated rings. The van der Waals surface area contributed by atoms with E-state index in [4.69, 9.17) is 4.74 Å². The van der Waals surface area contributed by atoms with Gasteiger partial charge in [-0.3, -0.25) is 15.0 Å². The Morgan fingerprint density at radius 3 is 1.86 bits per heavy atom. The van der Waals surface area contributed by atoms with E-state index in [0.717, 1.165) is 28.2 Å². The smallest absolute Gasteiger partial charge is 0.272 e. The number of nitrogens with zero attached hydrogens (tertiary/aromatic N) is 1. The van der Waals surface area contributed by atoms with E-state index >= 15 is 0 Å². The van der Waals surface area contributed by atoms with Crippen molar-refractivity contribution in [1.82, 2.24) is 10.4 Å². The fraction of sp³-hybridized carbons (Fsp3) is 0.556. The summed E-state index contributed by atoms with van der Waals surface area (Å²) in [5.41, 5.74) is 6.66. The van der Waals surface area contributed by atoms with Crippen LogP contribution in [-0.4, -0.2) is 40.2 Å². The molecule has 1 saturated carbocycles. The van der Waals surface area contributed by atoms with E-state index in [1.165, 1.54) is 17.9 Å². The van der Waals surface area contributed by atoms with Gasteiger partial charge in [0.15, 0.2) is 0 Å². The number of aryl methyl sites for hydroxylation is 3. The van der Waals surface area contributed by atoms with Crippen LogP contribution in [0.1, 0.15) is 126 Å². The molecule has 0 aromatic heterocycles. The van der Waals surface area contributed by atoms with E-state index < -0.39 is 11.1 Å². The van der Waals surface area contributed by atoms with Crippen molar-refractivity contribution >= 4 is 11.8 Å². The van der Waals surface area contributed by atoms with Crippen LogP contribution in [0.25, 0.3) is 0 Å². The van der Waals surface area contributed by atoms with E-state index in [0.29, 0.717) is 11.1 Å². The van der Waals surface area contributed by atoms with Crippen LogP contribution in [0, 0.1) is 32.1 Å². The molecule has 0 saturated heterocycles. The van der Waals surface area contributed by atoms with Gasteiger partial charge < -0.3 is 9.84 Å². The first kappa shape index (κ1) is 37.1. The fourth-order valence-electron chi connectivity index (χ4n) is 4.71. The molecule has 6 heteroatoms. The monoisotopic (exact) mass is 582 g/mol. The van der Waals surface area contributed by atoms with Crippen LogP contribution in [0.15, 0.2) is 49.1 Å². The third kappa shape index (κ3) is 9.81. The number of rotatable bonds is 7. The van der Waals surface area contributed by atoms with Crippen molar-refractivity contribution in [3.05, 3.63) is 82.4 Å². The first-order valence-electron chi connectivity index (χ1n) is 15.1. The van der Waals surface area contributed by atoms with Crippen LogP contribution in [0.2, 0.25) is 0 Å². The Balaban J connectivity index is 0.00000114. The van der Waals surface area contributed by atoms with Gasteiger partial charge in [0.05, 0.1) is 11.1 Å². The predicted molar refractivity (Wildman–Crippen MR) is 177 cm³/mol. The minimum atomic E-state index is -0.608. The normalized spacial score (nSPS) is 14.0. The Bertz CT molecular complexity index is 1200. The molecule has 2 N–H and O–H groups in total. The second kappa shape index (κ2) is 15.0. The standard InChI is InChI=1S/C25H32N2O3.C9H18O.C2H6.H2/c1-9-22(30-8)21-11-10-19(15-18(21)4)23(28)26-27(25(5,6)7)24(29)20-13-16(2)12-17(3)14-20;1-8(2,7-5-6-7)9(3,4)10;1-2;/h9-15,22H,1H2,2-8H3,(H,26,28);7,10H,5-6H2,1-4H3;1-2H3;1H. The number of benzene rings is 2. The molecular weight excluding hydrogens is 524 g/mol. The fourth-order valence-corrected chi connectivity index (χ4v) is 4.71. The summed E-state index contributed by atoms with van der Waals surface area (Å²) >= 11 is 0. The Labute approximate surface area is 257 Å². The number of amides is 2. The molecule has 2 aromatic carbocycles. The van der Waals surface area contributed by atoms with Gasteiger partial charge in [0, 0.05) is 19.7 Å². The molecule has 0 spiro atoms. The zero-order valence-corrected chi connectivity index (χ0v) is 28.4. The van der Waals surface area contributed by atoms with Crippen molar-refractivity contribution in [1.29, 1.82) is 0 Å². The number of hydrazine groups is 1. The molecule has 2 aromatic rings. The Hall–Kier alpha value is -2.96. The Kier molecular flexibility index (Phi) is 13.2. The van der Waals surface area contributed by atoms with Crippen molar-refractivity contribution in [2.75, 3.05) is 7.11 Å². The van der Waals surface area contributed by atoms with Crippen LogP contribution in [0.3, 0.4) is 0 Å². The van der Waals surface area contributed by atoms with Gasteiger partial charge >= 0.3 is 0 Å².